The van der Waals surface area contributed by atoms with E-state index in [2.05, 4.69) is 5.11 Å². The summed E-state index contributed by atoms with van der Waals surface area (Å²) < 4.78 is 4.70. The van der Waals surface area contributed by atoms with E-state index in [1.54, 1.807) is 7.11 Å². The van der Waals surface area contributed by atoms with Crippen LogP contribution in [0.3, 0.4) is 0 Å². The fourth-order valence-corrected chi connectivity index (χ4v) is 0.288. The van der Waals surface area contributed by atoms with E-state index in [4.69, 9.17) is 10.3 Å². The van der Waals surface area contributed by atoms with Crippen LogP contribution >= 0.6 is 0 Å². The molecule has 7 heavy (non-hydrogen) atoms. The summed E-state index contributed by atoms with van der Waals surface area (Å²) in [6.07, 6.45) is 0.861. The first kappa shape index (κ1) is 6.56. The smallest absolute Gasteiger partial charge is 0.0618 e. The zero-order valence-electron chi connectivity index (χ0n) is 4.48. The van der Waals surface area contributed by atoms with Gasteiger partial charge in [-0.2, -0.15) is 5.11 Å². The molecule has 0 aliphatic carbocycles. The Morgan fingerprint density at radius 3 is 2.86 bits per heavy atom. The maximum Gasteiger partial charge on any atom is 0.0618 e. The van der Waals surface area contributed by atoms with Crippen LogP contribution in [-0.2, 0) is 4.74 Å². The number of hydrogen-bond donors (Lipinski definition) is 1. The first-order chi connectivity index (χ1) is 3.41. The summed E-state index contributed by atoms with van der Waals surface area (Å²) in [6, 6.07) is 0. The van der Waals surface area contributed by atoms with E-state index in [1.807, 2.05) is 0 Å². The van der Waals surface area contributed by atoms with Crippen molar-refractivity contribution in [2.75, 3.05) is 20.3 Å². The first-order valence-corrected chi connectivity index (χ1v) is 2.24. The van der Waals surface area contributed by atoms with Gasteiger partial charge in [-0.05, 0) is 6.42 Å². The predicted molar refractivity (Wildman–Crippen MR) is 26.5 cm³/mol. The van der Waals surface area contributed by atoms with Gasteiger partial charge in [0.15, 0.2) is 0 Å². The van der Waals surface area contributed by atoms with E-state index < -0.39 is 0 Å². The van der Waals surface area contributed by atoms with E-state index in [0.717, 1.165) is 6.42 Å². The van der Waals surface area contributed by atoms with Crippen LogP contribution in [0.25, 0.3) is 0 Å². The Morgan fingerprint density at radius 2 is 2.43 bits per heavy atom. The molecule has 3 nitrogen and oxygen atoms in total. The van der Waals surface area contributed by atoms with E-state index in [9.17, 15) is 0 Å². The number of rotatable bonds is 4. The third-order valence-electron chi connectivity index (χ3n) is 0.618. The third-order valence-corrected chi connectivity index (χ3v) is 0.618. The van der Waals surface area contributed by atoms with E-state index >= 15 is 0 Å². The highest BCUT2D eigenvalue weighted by atomic mass is 16.5. The molecule has 3 heteroatoms. The van der Waals surface area contributed by atoms with Gasteiger partial charge in [0.25, 0.3) is 0 Å². The minimum Gasteiger partial charge on any atom is -0.385 e. The molecule has 1 N–H and O–H groups in total. The molecule has 0 atom stereocenters. The summed E-state index contributed by atoms with van der Waals surface area (Å²) in [4.78, 5) is 0. The highest BCUT2D eigenvalue weighted by Crippen LogP contribution is 1.78. The monoisotopic (exact) mass is 102 g/mol. The number of nitrogens with zero attached hydrogens (tertiary/aromatic N) is 1. The number of ether oxygens (including phenoxy) is 1. The van der Waals surface area contributed by atoms with Gasteiger partial charge < -0.3 is 4.74 Å². The predicted octanol–water partition coefficient (Wildman–Crippen LogP) is 1.05. The van der Waals surface area contributed by atoms with E-state index in [1.165, 1.54) is 0 Å². The van der Waals surface area contributed by atoms with Crippen molar-refractivity contribution in [3.8, 4) is 0 Å². The van der Waals surface area contributed by atoms with Crippen LogP contribution in [-0.4, -0.2) is 20.3 Å². The zero-order chi connectivity index (χ0) is 5.54. The second-order valence-corrected chi connectivity index (χ2v) is 1.23. The molecule has 0 saturated carbocycles. The van der Waals surface area contributed by atoms with Gasteiger partial charge in [-0.3, -0.25) is 0 Å². The van der Waals surface area contributed by atoms with Gasteiger partial charge in [0.2, 0.25) is 0 Å². The maximum atomic E-state index is 6.35. The highest BCUT2D eigenvalue weighted by Gasteiger charge is 1.78. The van der Waals surface area contributed by atoms with E-state index in [-0.39, 0.29) is 0 Å². The van der Waals surface area contributed by atoms with Gasteiger partial charge >= 0.3 is 0 Å². The highest BCUT2D eigenvalue weighted by molar-refractivity contribution is 4.34. The van der Waals surface area contributed by atoms with Crippen LogP contribution in [0.15, 0.2) is 5.11 Å². The summed E-state index contributed by atoms with van der Waals surface area (Å²) >= 11 is 0. The van der Waals surface area contributed by atoms with Crippen LogP contribution in [0, 0.1) is 5.53 Å². The minimum atomic E-state index is 0.591. The number of methoxy groups -OCH3 is 1. The summed E-state index contributed by atoms with van der Waals surface area (Å²) in [5.41, 5.74) is 6.35. The van der Waals surface area contributed by atoms with Gasteiger partial charge in [-0.25, -0.2) is 5.53 Å². The Morgan fingerprint density at radius 1 is 1.71 bits per heavy atom. The van der Waals surface area contributed by atoms with Gasteiger partial charge in [0, 0.05) is 13.7 Å². The quantitative estimate of drug-likeness (QED) is 0.418. The third kappa shape index (κ3) is 5.56. The molecule has 0 heterocycles. The minimum absolute atomic E-state index is 0.591. The molecule has 0 saturated heterocycles. The average Bonchev–Trinajstić information content (AvgIpc) is 1.69. The summed E-state index contributed by atoms with van der Waals surface area (Å²) in [5.74, 6) is 0. The number of hydrogen-bond acceptors (Lipinski definition) is 3. The Balaban J connectivity index is 2.56. The molecule has 0 fully saturated rings. The average molecular weight is 102 g/mol. The van der Waals surface area contributed by atoms with Crippen molar-refractivity contribution >= 4 is 0 Å². The van der Waals surface area contributed by atoms with Crippen LogP contribution in [0.5, 0.6) is 0 Å². The zero-order valence-corrected chi connectivity index (χ0v) is 4.48. The van der Waals surface area contributed by atoms with Gasteiger partial charge in [-0.1, -0.05) is 0 Å². The summed E-state index contributed by atoms with van der Waals surface area (Å²) in [6.45, 7) is 1.30. The molecule has 0 rings (SSSR count). The fourth-order valence-electron chi connectivity index (χ4n) is 0.288. The van der Waals surface area contributed by atoms with Crippen molar-refractivity contribution in [2.45, 2.75) is 6.42 Å². The molecule has 0 aromatic carbocycles. The second kappa shape index (κ2) is 5.56. The van der Waals surface area contributed by atoms with Crippen molar-refractivity contribution in [3.05, 3.63) is 0 Å². The molecule has 0 aromatic heterocycles. The Kier molecular flexibility index (Phi) is 5.21. The second-order valence-electron chi connectivity index (χ2n) is 1.23. The standard InChI is InChI=1S/C4H10N2O/c1-7-4-2-3-6-5/h5H,2-4H2,1H3. The molecule has 0 amide bonds. The molecule has 42 valence electrons. The van der Waals surface area contributed by atoms with E-state index in [0.29, 0.717) is 13.2 Å². The van der Waals surface area contributed by atoms with Crippen molar-refractivity contribution in [1.29, 1.82) is 5.53 Å². The molecule has 0 radical (unpaired) electrons. The molecule has 0 unspecified atom stereocenters. The van der Waals surface area contributed by atoms with Crippen LogP contribution in [0.1, 0.15) is 6.42 Å². The van der Waals surface area contributed by atoms with Gasteiger partial charge in [-0.15, -0.1) is 0 Å². The van der Waals surface area contributed by atoms with Crippen molar-refractivity contribution < 1.29 is 4.74 Å². The molecular weight excluding hydrogens is 92.1 g/mol. The van der Waals surface area contributed by atoms with Crippen molar-refractivity contribution in [2.24, 2.45) is 5.11 Å². The van der Waals surface area contributed by atoms with Crippen LogP contribution in [0.2, 0.25) is 0 Å². The summed E-state index contributed by atoms with van der Waals surface area (Å²) in [5, 5.41) is 3.14. The Hall–Kier alpha value is -0.440. The largest absolute Gasteiger partial charge is 0.385 e. The van der Waals surface area contributed by atoms with Gasteiger partial charge in [0.05, 0.1) is 6.54 Å². The lowest BCUT2D eigenvalue weighted by Crippen LogP contribution is -1.89. The molecular formula is C4H10N2O. The molecule has 0 bridgehead atoms. The molecule has 0 aromatic rings. The topological polar surface area (TPSA) is 45.4 Å². The normalized spacial score (nSPS) is 8.71. The lowest BCUT2D eigenvalue weighted by atomic mass is 10.5. The SMILES string of the molecule is COCCCN=N. The fraction of sp³-hybridized carbons (Fsp3) is 1.00. The molecule has 0 spiro atoms. The van der Waals surface area contributed by atoms with Crippen molar-refractivity contribution in [3.63, 3.8) is 0 Å². The molecule has 0 aliphatic heterocycles. The van der Waals surface area contributed by atoms with Gasteiger partial charge in [0.1, 0.15) is 0 Å². The van der Waals surface area contributed by atoms with Crippen LogP contribution in [0.4, 0.5) is 0 Å². The number of nitrogens with one attached hydrogen (secondary N) is 1. The lowest BCUT2D eigenvalue weighted by Gasteiger charge is -1.89. The molecule has 0 aliphatic rings. The van der Waals surface area contributed by atoms with Crippen molar-refractivity contribution in [1.82, 2.24) is 0 Å². The Bertz CT molecular complexity index is 47.0. The maximum absolute atomic E-state index is 6.35. The lowest BCUT2D eigenvalue weighted by molar-refractivity contribution is 0.196. The first-order valence-electron chi connectivity index (χ1n) is 2.24. The van der Waals surface area contributed by atoms with Crippen LogP contribution < -0.4 is 0 Å². The Labute approximate surface area is 43.2 Å². The summed E-state index contributed by atoms with van der Waals surface area (Å²) in [7, 11) is 1.64.